The highest BCUT2D eigenvalue weighted by atomic mass is 32.2. The highest BCUT2D eigenvalue weighted by Crippen LogP contribution is 2.25. The third-order valence-corrected chi connectivity index (χ3v) is 5.18. The molecule has 0 N–H and O–H groups in total. The Labute approximate surface area is 168 Å². The number of rotatable bonds is 7. The molecule has 0 saturated heterocycles. The second-order valence-electron chi connectivity index (χ2n) is 6.18. The molecule has 28 heavy (non-hydrogen) atoms. The van der Waals surface area contributed by atoms with Gasteiger partial charge in [-0.2, -0.15) is 5.26 Å². The first-order valence-corrected chi connectivity index (χ1v) is 9.98. The van der Waals surface area contributed by atoms with E-state index in [9.17, 15) is 4.79 Å². The molecule has 1 aromatic heterocycles. The van der Waals surface area contributed by atoms with E-state index >= 15 is 0 Å². The molecule has 0 radical (unpaired) electrons. The second-order valence-corrected chi connectivity index (χ2v) is 7.12. The van der Waals surface area contributed by atoms with Crippen LogP contribution in [-0.4, -0.2) is 33.0 Å². The van der Waals surface area contributed by atoms with Crippen molar-refractivity contribution in [2.75, 3.05) is 17.2 Å². The van der Waals surface area contributed by atoms with Gasteiger partial charge in [-0.25, -0.2) is 0 Å². The number of nitriles is 1. The van der Waals surface area contributed by atoms with Crippen molar-refractivity contribution in [1.82, 2.24) is 14.8 Å². The monoisotopic (exact) mass is 391 g/mol. The maximum atomic E-state index is 12.7. The largest absolute Gasteiger partial charge is 0.302 e. The van der Waals surface area contributed by atoms with Gasteiger partial charge in [-0.3, -0.25) is 9.69 Å². The molecule has 142 valence electrons. The molecular formula is C21H21N5OS. The molecular weight excluding hydrogens is 370 g/mol. The number of benzene rings is 2. The number of carbonyl (C=O) groups is 1. The molecule has 2 aromatic carbocycles. The van der Waals surface area contributed by atoms with Crippen LogP contribution in [0.2, 0.25) is 0 Å². The lowest BCUT2D eigenvalue weighted by atomic mass is 10.1. The molecule has 6 nitrogen and oxygen atoms in total. The number of hydrogen-bond donors (Lipinski definition) is 0. The Kier molecular flexibility index (Phi) is 6.45. The lowest BCUT2D eigenvalue weighted by molar-refractivity contribution is -0.116. The van der Waals surface area contributed by atoms with Crippen molar-refractivity contribution in [3.63, 3.8) is 0 Å². The Morgan fingerprint density at radius 2 is 1.96 bits per heavy atom. The van der Waals surface area contributed by atoms with Crippen LogP contribution in [0.1, 0.15) is 12.5 Å². The topological polar surface area (TPSA) is 74.8 Å². The number of amides is 1. The van der Waals surface area contributed by atoms with Crippen LogP contribution in [-0.2, 0) is 11.3 Å². The van der Waals surface area contributed by atoms with E-state index < -0.39 is 0 Å². The first-order valence-electron chi connectivity index (χ1n) is 8.99. The Morgan fingerprint density at radius 1 is 1.18 bits per heavy atom. The van der Waals surface area contributed by atoms with Crippen LogP contribution >= 0.6 is 11.8 Å². The van der Waals surface area contributed by atoms with Crippen LogP contribution in [0.25, 0.3) is 11.4 Å². The summed E-state index contributed by atoms with van der Waals surface area (Å²) in [6.45, 7) is 4.78. The highest BCUT2D eigenvalue weighted by molar-refractivity contribution is 7.99. The van der Waals surface area contributed by atoms with E-state index in [1.165, 1.54) is 16.7 Å². The van der Waals surface area contributed by atoms with Crippen LogP contribution < -0.4 is 4.90 Å². The summed E-state index contributed by atoms with van der Waals surface area (Å²) in [6, 6.07) is 19.4. The third kappa shape index (κ3) is 4.41. The number of carbonyl (C=O) groups excluding carboxylic acids is 1. The van der Waals surface area contributed by atoms with Gasteiger partial charge in [0.05, 0.1) is 11.8 Å². The normalized spacial score (nSPS) is 10.5. The number of aryl methyl sites for hydroxylation is 1. The molecule has 7 heteroatoms. The van der Waals surface area contributed by atoms with Crippen molar-refractivity contribution >= 4 is 23.4 Å². The summed E-state index contributed by atoms with van der Waals surface area (Å²) < 4.78 is 2.00. The predicted molar refractivity (Wildman–Crippen MR) is 111 cm³/mol. The highest BCUT2D eigenvalue weighted by Gasteiger charge is 2.19. The van der Waals surface area contributed by atoms with Crippen molar-refractivity contribution in [3.05, 3.63) is 60.2 Å². The quantitative estimate of drug-likeness (QED) is 0.451. The maximum Gasteiger partial charge on any atom is 0.238 e. The average molecular weight is 392 g/mol. The van der Waals surface area contributed by atoms with Crippen LogP contribution in [0.5, 0.6) is 0 Å². The lowest BCUT2D eigenvalue weighted by Crippen LogP contribution is -2.32. The van der Waals surface area contributed by atoms with E-state index in [4.69, 9.17) is 5.26 Å². The molecule has 0 spiro atoms. The average Bonchev–Trinajstić information content (AvgIpc) is 3.14. The molecule has 0 bridgehead atoms. The first kappa shape index (κ1) is 19.6. The fourth-order valence-corrected chi connectivity index (χ4v) is 3.76. The van der Waals surface area contributed by atoms with Gasteiger partial charge in [0.2, 0.25) is 5.91 Å². The number of nitrogens with zero attached hydrogens (tertiary/aromatic N) is 5. The van der Waals surface area contributed by atoms with Crippen molar-refractivity contribution in [3.8, 4) is 17.5 Å². The van der Waals surface area contributed by atoms with Gasteiger partial charge in [-0.15, -0.1) is 10.2 Å². The Morgan fingerprint density at radius 3 is 2.64 bits per heavy atom. The van der Waals surface area contributed by atoms with Crippen LogP contribution in [0.4, 0.5) is 5.69 Å². The summed E-state index contributed by atoms with van der Waals surface area (Å²) in [5, 5.41) is 18.4. The van der Waals surface area contributed by atoms with E-state index in [1.54, 1.807) is 0 Å². The molecule has 0 fully saturated rings. The van der Waals surface area contributed by atoms with Gasteiger partial charge in [0.15, 0.2) is 11.0 Å². The summed E-state index contributed by atoms with van der Waals surface area (Å²) in [7, 11) is 0. The van der Waals surface area contributed by atoms with Crippen LogP contribution in [0.3, 0.4) is 0 Å². The Bertz CT molecular complexity index is 994. The summed E-state index contributed by atoms with van der Waals surface area (Å²) in [5.41, 5.74) is 2.87. The van der Waals surface area contributed by atoms with Gasteiger partial charge in [-0.1, -0.05) is 53.7 Å². The molecule has 0 aliphatic rings. The van der Waals surface area contributed by atoms with Gasteiger partial charge < -0.3 is 4.57 Å². The van der Waals surface area contributed by atoms with Gasteiger partial charge in [-0.05, 0) is 32.0 Å². The van der Waals surface area contributed by atoms with E-state index in [2.05, 4.69) is 22.3 Å². The van der Waals surface area contributed by atoms with Crippen molar-refractivity contribution < 1.29 is 4.79 Å². The van der Waals surface area contributed by atoms with Gasteiger partial charge in [0.1, 0.15) is 6.54 Å². The third-order valence-electron chi connectivity index (χ3n) is 4.23. The fraction of sp³-hybridized carbons (Fsp3) is 0.238. The van der Waals surface area contributed by atoms with Gasteiger partial charge >= 0.3 is 0 Å². The summed E-state index contributed by atoms with van der Waals surface area (Å²) in [6.07, 6.45) is 0. The Hall–Kier alpha value is -3.11. The molecule has 3 rings (SSSR count). The molecule has 0 aliphatic heterocycles. The zero-order valence-electron chi connectivity index (χ0n) is 15.9. The van der Waals surface area contributed by atoms with Gasteiger partial charge in [0, 0.05) is 17.8 Å². The van der Waals surface area contributed by atoms with E-state index in [0.29, 0.717) is 17.4 Å². The zero-order valence-corrected chi connectivity index (χ0v) is 16.7. The smallest absolute Gasteiger partial charge is 0.238 e. The molecule has 1 heterocycles. The fourth-order valence-electron chi connectivity index (χ4n) is 2.88. The number of aromatic nitrogens is 3. The minimum atomic E-state index is -0.138. The molecule has 0 aliphatic carbocycles. The predicted octanol–water partition coefficient (Wildman–Crippen LogP) is 3.92. The summed E-state index contributed by atoms with van der Waals surface area (Å²) in [5.74, 6) is 0.835. The Balaban J connectivity index is 1.77. The molecule has 0 saturated carbocycles. The van der Waals surface area contributed by atoms with Crippen molar-refractivity contribution in [2.45, 2.75) is 25.5 Å². The van der Waals surface area contributed by atoms with E-state index in [0.717, 1.165) is 17.0 Å². The standard InChI is InChI=1S/C21H21N5OS/c1-3-25-20(17-9-7-8-16(2)14-17)23-24-21(25)28-15-19(27)26(13-12-22)18-10-5-4-6-11-18/h4-11,14H,3,13,15H2,1-2H3. The van der Waals surface area contributed by atoms with Crippen molar-refractivity contribution in [1.29, 1.82) is 5.26 Å². The SMILES string of the molecule is CCn1c(SCC(=O)N(CC#N)c2ccccc2)nnc1-c1cccc(C)c1. The van der Waals surface area contributed by atoms with E-state index in [-0.39, 0.29) is 18.2 Å². The number of hydrogen-bond acceptors (Lipinski definition) is 5. The zero-order chi connectivity index (χ0) is 19.9. The molecule has 3 aromatic rings. The van der Waals surface area contributed by atoms with Crippen LogP contribution in [0, 0.1) is 18.3 Å². The number of para-hydroxylation sites is 1. The minimum Gasteiger partial charge on any atom is -0.302 e. The van der Waals surface area contributed by atoms with Gasteiger partial charge in [0.25, 0.3) is 0 Å². The van der Waals surface area contributed by atoms with E-state index in [1.807, 2.05) is 66.9 Å². The first-order chi connectivity index (χ1) is 13.6. The van der Waals surface area contributed by atoms with Crippen molar-refractivity contribution in [2.24, 2.45) is 0 Å². The number of anilines is 1. The lowest BCUT2D eigenvalue weighted by Gasteiger charge is -2.19. The second kappa shape index (κ2) is 9.20. The molecule has 1 amide bonds. The number of thioether (sulfide) groups is 1. The summed E-state index contributed by atoms with van der Waals surface area (Å²) in [4.78, 5) is 14.2. The molecule has 0 atom stereocenters. The maximum absolute atomic E-state index is 12.7. The summed E-state index contributed by atoms with van der Waals surface area (Å²) >= 11 is 1.34. The molecule has 0 unspecified atom stereocenters. The van der Waals surface area contributed by atoms with Crippen LogP contribution in [0.15, 0.2) is 59.8 Å². The minimum absolute atomic E-state index is 0.0123.